The lowest BCUT2D eigenvalue weighted by molar-refractivity contribution is -0.0249. The summed E-state index contributed by atoms with van der Waals surface area (Å²) >= 11 is 6.08. The number of carbonyl (C=O) groups is 1. The summed E-state index contributed by atoms with van der Waals surface area (Å²) < 4.78 is 14.1. The lowest BCUT2D eigenvalue weighted by Crippen LogP contribution is -2.55. The fourth-order valence-electron chi connectivity index (χ4n) is 4.98. The van der Waals surface area contributed by atoms with Crippen molar-refractivity contribution in [2.45, 2.75) is 25.0 Å². The lowest BCUT2D eigenvalue weighted by atomic mass is 9.77. The Morgan fingerprint density at radius 2 is 1.81 bits per heavy atom. The highest BCUT2D eigenvalue weighted by Crippen LogP contribution is 2.39. The molecule has 0 unspecified atom stereocenters. The van der Waals surface area contributed by atoms with Crippen LogP contribution in [0.3, 0.4) is 0 Å². The van der Waals surface area contributed by atoms with Crippen LogP contribution in [0.25, 0.3) is 0 Å². The molecular weight excluding hydrogens is 369 g/mol. The molecule has 5 nitrogen and oxygen atoms in total. The van der Waals surface area contributed by atoms with Gasteiger partial charge in [-0.05, 0) is 43.9 Å². The zero-order valence-corrected chi connectivity index (χ0v) is 16.4. The SMILES string of the molecule is CN1CCN([C@@H]2C[C@@H]3CN(C(=O)c4c(F)cccc4Cl)C[C@@H]3C[C@H]2O)CC1. The number of hydrogen-bond acceptors (Lipinski definition) is 4. The molecule has 1 aliphatic carbocycles. The van der Waals surface area contributed by atoms with E-state index in [4.69, 9.17) is 11.6 Å². The number of rotatable bonds is 2. The summed E-state index contributed by atoms with van der Waals surface area (Å²) in [7, 11) is 2.12. The summed E-state index contributed by atoms with van der Waals surface area (Å²) in [6.45, 7) is 5.18. The third-order valence-corrected chi connectivity index (χ3v) is 6.89. The van der Waals surface area contributed by atoms with Crippen LogP contribution in [0, 0.1) is 17.7 Å². The van der Waals surface area contributed by atoms with Crippen LogP contribution in [0.15, 0.2) is 18.2 Å². The van der Waals surface area contributed by atoms with Gasteiger partial charge >= 0.3 is 0 Å². The van der Waals surface area contributed by atoms with E-state index in [9.17, 15) is 14.3 Å². The number of piperazine rings is 1. The maximum atomic E-state index is 14.1. The van der Waals surface area contributed by atoms with Gasteiger partial charge in [0.2, 0.25) is 0 Å². The minimum absolute atomic E-state index is 0.0334. The molecule has 3 fully saturated rings. The first-order valence-corrected chi connectivity index (χ1v) is 10.2. The number of hydrogen-bond donors (Lipinski definition) is 1. The molecule has 4 rings (SSSR count). The largest absolute Gasteiger partial charge is 0.391 e. The quantitative estimate of drug-likeness (QED) is 0.831. The molecule has 1 saturated carbocycles. The normalized spacial score (nSPS) is 32.5. The Morgan fingerprint density at radius 1 is 1.15 bits per heavy atom. The number of benzene rings is 1. The Balaban J connectivity index is 1.45. The Morgan fingerprint density at radius 3 is 2.48 bits per heavy atom. The molecule has 2 aliphatic heterocycles. The summed E-state index contributed by atoms with van der Waals surface area (Å²) in [5.74, 6) is -0.276. The van der Waals surface area contributed by atoms with E-state index in [0.717, 1.165) is 32.6 Å². The Labute approximate surface area is 164 Å². The fraction of sp³-hybridized carbons (Fsp3) is 0.650. The van der Waals surface area contributed by atoms with E-state index >= 15 is 0 Å². The summed E-state index contributed by atoms with van der Waals surface area (Å²) in [6.07, 6.45) is 1.24. The number of aliphatic hydroxyl groups is 1. The van der Waals surface area contributed by atoms with Crippen LogP contribution in [0.4, 0.5) is 4.39 Å². The molecule has 1 aromatic carbocycles. The van der Waals surface area contributed by atoms with Gasteiger partial charge in [-0.15, -0.1) is 0 Å². The van der Waals surface area contributed by atoms with E-state index in [1.807, 2.05) is 0 Å². The molecule has 1 amide bonds. The molecule has 7 heteroatoms. The molecular formula is C20H27ClFN3O2. The van der Waals surface area contributed by atoms with Gasteiger partial charge in [0.1, 0.15) is 5.82 Å². The number of amides is 1. The fourth-order valence-corrected chi connectivity index (χ4v) is 5.22. The smallest absolute Gasteiger partial charge is 0.258 e. The first-order valence-electron chi connectivity index (χ1n) is 9.78. The van der Waals surface area contributed by atoms with Crippen molar-refractivity contribution < 1.29 is 14.3 Å². The average molecular weight is 396 g/mol. The average Bonchev–Trinajstić information content (AvgIpc) is 3.04. The van der Waals surface area contributed by atoms with E-state index < -0.39 is 5.82 Å². The van der Waals surface area contributed by atoms with Crippen LogP contribution in [0.2, 0.25) is 5.02 Å². The van der Waals surface area contributed by atoms with Crippen LogP contribution < -0.4 is 0 Å². The van der Waals surface area contributed by atoms with Crippen molar-refractivity contribution >= 4 is 17.5 Å². The Hall–Kier alpha value is -1.21. The molecule has 0 radical (unpaired) electrons. The van der Waals surface area contributed by atoms with E-state index in [-0.39, 0.29) is 34.6 Å². The summed E-state index contributed by atoms with van der Waals surface area (Å²) in [5.41, 5.74) is -0.0334. The lowest BCUT2D eigenvalue weighted by Gasteiger charge is -2.44. The van der Waals surface area contributed by atoms with Crippen molar-refractivity contribution in [3.05, 3.63) is 34.6 Å². The zero-order chi connectivity index (χ0) is 19.1. The van der Waals surface area contributed by atoms with E-state index in [2.05, 4.69) is 16.8 Å². The predicted molar refractivity (Wildman–Crippen MR) is 102 cm³/mol. The molecule has 1 aromatic rings. The standard InChI is InChI=1S/C20H27ClFN3O2/c1-23-5-7-24(8-6-23)17-9-13-11-25(12-14(13)10-18(17)26)20(27)19-15(21)3-2-4-16(19)22/h2-4,13-14,17-18,26H,5-12H2,1H3/t13-,14+,17-,18-/m1/s1. The third-order valence-electron chi connectivity index (χ3n) is 6.58. The molecule has 1 N–H and O–H groups in total. The highest BCUT2D eigenvalue weighted by molar-refractivity contribution is 6.33. The van der Waals surface area contributed by atoms with E-state index in [1.54, 1.807) is 11.0 Å². The van der Waals surface area contributed by atoms with Crippen LogP contribution in [0.1, 0.15) is 23.2 Å². The molecule has 3 aliphatic rings. The van der Waals surface area contributed by atoms with Gasteiger partial charge in [-0.2, -0.15) is 0 Å². The van der Waals surface area contributed by atoms with Crippen LogP contribution >= 0.6 is 11.6 Å². The van der Waals surface area contributed by atoms with Gasteiger partial charge < -0.3 is 14.9 Å². The number of likely N-dealkylation sites (N-methyl/N-ethyl adjacent to an activating group) is 1. The first-order chi connectivity index (χ1) is 12.9. The van der Waals surface area contributed by atoms with Crippen molar-refractivity contribution in [1.29, 1.82) is 0 Å². The van der Waals surface area contributed by atoms with Crippen molar-refractivity contribution in [2.24, 2.45) is 11.8 Å². The van der Waals surface area contributed by atoms with Gasteiger partial charge in [0.05, 0.1) is 16.7 Å². The number of halogens is 2. The van der Waals surface area contributed by atoms with Crippen molar-refractivity contribution in [3.63, 3.8) is 0 Å². The molecule has 2 saturated heterocycles. The van der Waals surface area contributed by atoms with Gasteiger partial charge in [0.25, 0.3) is 5.91 Å². The Bertz CT molecular complexity index is 690. The topological polar surface area (TPSA) is 47.0 Å². The predicted octanol–water partition coefficient (Wildman–Crippen LogP) is 1.94. The minimum atomic E-state index is -0.572. The van der Waals surface area contributed by atoms with Crippen molar-refractivity contribution in [2.75, 3.05) is 46.3 Å². The Kier molecular flexibility index (Phi) is 5.43. The highest BCUT2D eigenvalue weighted by Gasteiger charge is 2.45. The number of carbonyl (C=O) groups excluding carboxylic acids is 1. The molecule has 2 heterocycles. The number of likely N-dealkylation sites (tertiary alicyclic amines) is 1. The maximum Gasteiger partial charge on any atom is 0.258 e. The number of fused-ring (bicyclic) bond motifs is 1. The zero-order valence-electron chi connectivity index (χ0n) is 15.7. The molecule has 0 aromatic heterocycles. The van der Waals surface area contributed by atoms with Crippen LogP contribution in [-0.4, -0.2) is 84.2 Å². The first kappa shape index (κ1) is 19.1. The minimum Gasteiger partial charge on any atom is -0.391 e. The molecule has 4 atom stereocenters. The van der Waals surface area contributed by atoms with Crippen LogP contribution in [0.5, 0.6) is 0 Å². The second-order valence-electron chi connectivity index (χ2n) is 8.27. The second kappa shape index (κ2) is 7.66. The van der Waals surface area contributed by atoms with Gasteiger partial charge in [0, 0.05) is 45.3 Å². The van der Waals surface area contributed by atoms with Gasteiger partial charge in [-0.25, -0.2) is 4.39 Å². The molecule has 27 heavy (non-hydrogen) atoms. The second-order valence-corrected chi connectivity index (χ2v) is 8.68. The molecule has 0 spiro atoms. The maximum absolute atomic E-state index is 14.1. The summed E-state index contributed by atoms with van der Waals surface area (Å²) in [5, 5.41) is 10.9. The third kappa shape index (κ3) is 3.73. The molecule has 0 bridgehead atoms. The highest BCUT2D eigenvalue weighted by atomic mass is 35.5. The monoisotopic (exact) mass is 395 g/mol. The number of nitrogens with zero attached hydrogens (tertiary/aromatic N) is 3. The van der Waals surface area contributed by atoms with E-state index in [0.29, 0.717) is 25.4 Å². The van der Waals surface area contributed by atoms with Crippen molar-refractivity contribution in [3.8, 4) is 0 Å². The van der Waals surface area contributed by atoms with Gasteiger partial charge in [-0.1, -0.05) is 17.7 Å². The van der Waals surface area contributed by atoms with Crippen molar-refractivity contribution in [1.82, 2.24) is 14.7 Å². The van der Waals surface area contributed by atoms with E-state index in [1.165, 1.54) is 12.1 Å². The van der Waals surface area contributed by atoms with Gasteiger partial charge in [-0.3, -0.25) is 9.69 Å². The summed E-state index contributed by atoms with van der Waals surface area (Å²) in [6, 6.07) is 4.49. The number of aliphatic hydroxyl groups excluding tert-OH is 1. The van der Waals surface area contributed by atoms with Gasteiger partial charge in [0.15, 0.2) is 0 Å². The molecule has 148 valence electrons. The summed E-state index contributed by atoms with van der Waals surface area (Å²) in [4.78, 5) is 19.3. The van der Waals surface area contributed by atoms with Crippen LogP contribution in [-0.2, 0) is 0 Å².